The molecule has 0 unspecified atom stereocenters. The summed E-state index contributed by atoms with van der Waals surface area (Å²) in [7, 11) is 0. The van der Waals surface area contributed by atoms with Gasteiger partial charge in [0.25, 0.3) is 5.91 Å². The zero-order chi connectivity index (χ0) is 22.7. The number of aryl methyl sites for hydroxylation is 1. The summed E-state index contributed by atoms with van der Waals surface area (Å²) in [5.74, 6) is 0.778. The molecule has 0 radical (unpaired) electrons. The van der Waals surface area contributed by atoms with Crippen molar-refractivity contribution in [1.82, 2.24) is 20.1 Å². The van der Waals surface area contributed by atoms with Crippen molar-refractivity contribution in [2.45, 2.75) is 32.3 Å². The van der Waals surface area contributed by atoms with E-state index in [1.807, 2.05) is 36.1 Å². The van der Waals surface area contributed by atoms with Crippen LogP contribution in [0.4, 0.5) is 0 Å². The quantitative estimate of drug-likeness (QED) is 0.512. The summed E-state index contributed by atoms with van der Waals surface area (Å²) in [6.45, 7) is 5.10. The Morgan fingerprint density at radius 1 is 1.12 bits per heavy atom. The fraction of sp³-hybridized carbons (Fsp3) is 0.333. The molecule has 1 fully saturated rings. The van der Waals surface area contributed by atoms with E-state index < -0.39 is 0 Å². The zero-order valence-corrected chi connectivity index (χ0v) is 19.4. The van der Waals surface area contributed by atoms with E-state index in [2.05, 4.69) is 22.1 Å². The highest BCUT2D eigenvalue weighted by atomic mass is 35.5. The molecule has 1 saturated heterocycles. The van der Waals surface area contributed by atoms with Gasteiger partial charge in [-0.25, -0.2) is 4.98 Å². The minimum Gasteiger partial charge on any atom is -0.474 e. The molecule has 0 aliphatic carbocycles. The topological polar surface area (TPSA) is 68.2 Å². The number of pyridine rings is 1. The first kappa shape index (κ1) is 22.5. The first-order chi connectivity index (χ1) is 15.4. The molecular weight excluding hydrogens is 447 g/mol. The van der Waals surface area contributed by atoms with Crippen LogP contribution in [0.25, 0.3) is 0 Å². The van der Waals surface area contributed by atoms with Crippen molar-refractivity contribution in [2.75, 3.05) is 13.1 Å². The normalized spacial score (nSPS) is 19.4. The Kier molecular flexibility index (Phi) is 6.92. The maximum atomic E-state index is 13.2. The first-order valence-corrected chi connectivity index (χ1v) is 11.3. The lowest BCUT2D eigenvalue weighted by Gasteiger charge is -2.41. The molecule has 1 aliphatic rings. The van der Waals surface area contributed by atoms with Crippen LogP contribution in [0, 0.1) is 12.8 Å². The molecule has 6 nitrogen and oxygen atoms in total. The van der Waals surface area contributed by atoms with Crippen LogP contribution in [-0.4, -0.2) is 45.2 Å². The largest absolute Gasteiger partial charge is 0.474 e. The summed E-state index contributed by atoms with van der Waals surface area (Å²) >= 11 is 12.1. The van der Waals surface area contributed by atoms with Gasteiger partial charge in [-0.1, -0.05) is 35.3 Å². The first-order valence-electron chi connectivity index (χ1n) is 10.5. The van der Waals surface area contributed by atoms with E-state index in [-0.39, 0.29) is 23.8 Å². The van der Waals surface area contributed by atoms with Crippen molar-refractivity contribution >= 4 is 29.1 Å². The number of halogens is 2. The van der Waals surface area contributed by atoms with Crippen LogP contribution in [0.3, 0.4) is 0 Å². The van der Waals surface area contributed by atoms with E-state index >= 15 is 0 Å². The van der Waals surface area contributed by atoms with Crippen molar-refractivity contribution in [2.24, 2.45) is 5.92 Å². The molecule has 0 bridgehead atoms. The average Bonchev–Trinajstić information content (AvgIpc) is 2.80. The van der Waals surface area contributed by atoms with E-state index in [4.69, 9.17) is 27.9 Å². The zero-order valence-electron chi connectivity index (χ0n) is 17.9. The number of carbonyl (C=O) groups is 1. The summed E-state index contributed by atoms with van der Waals surface area (Å²) in [4.78, 5) is 19.3. The number of piperidine rings is 1. The van der Waals surface area contributed by atoms with Gasteiger partial charge in [0.1, 0.15) is 6.10 Å². The van der Waals surface area contributed by atoms with E-state index in [0.29, 0.717) is 34.6 Å². The van der Waals surface area contributed by atoms with Crippen LogP contribution >= 0.6 is 23.2 Å². The summed E-state index contributed by atoms with van der Waals surface area (Å²) in [5, 5.41) is 9.14. The van der Waals surface area contributed by atoms with Gasteiger partial charge in [0.05, 0.1) is 22.5 Å². The van der Waals surface area contributed by atoms with Crippen molar-refractivity contribution in [3.8, 4) is 5.88 Å². The van der Waals surface area contributed by atoms with Crippen molar-refractivity contribution < 1.29 is 9.53 Å². The molecule has 8 heteroatoms. The molecule has 0 saturated carbocycles. The average molecular weight is 471 g/mol. The smallest absolute Gasteiger partial charge is 0.255 e. The number of hydrogen-bond donors (Lipinski definition) is 0. The van der Waals surface area contributed by atoms with Crippen LogP contribution in [0.1, 0.15) is 40.9 Å². The van der Waals surface area contributed by atoms with Gasteiger partial charge >= 0.3 is 0 Å². The van der Waals surface area contributed by atoms with Gasteiger partial charge in [-0.2, -0.15) is 10.2 Å². The second kappa shape index (κ2) is 9.84. The molecule has 2 aromatic heterocycles. The number of likely N-dealkylation sites (tertiary alicyclic amines) is 1. The van der Waals surface area contributed by atoms with E-state index in [9.17, 15) is 4.79 Å². The summed E-state index contributed by atoms with van der Waals surface area (Å²) in [6.07, 6.45) is 3.79. The minimum absolute atomic E-state index is 0.0339. The van der Waals surface area contributed by atoms with Crippen LogP contribution < -0.4 is 4.74 Å². The number of carbonyl (C=O) groups excluding carboxylic acids is 1. The Balaban J connectivity index is 1.57. The predicted molar refractivity (Wildman–Crippen MR) is 124 cm³/mol. The third-order valence-corrected chi connectivity index (χ3v) is 6.36. The predicted octanol–water partition coefficient (Wildman–Crippen LogP) is 5.20. The lowest BCUT2D eigenvalue weighted by Crippen LogP contribution is -2.46. The minimum atomic E-state index is -0.105. The number of aromatic nitrogens is 3. The number of benzene rings is 1. The van der Waals surface area contributed by atoms with Gasteiger partial charge < -0.3 is 9.64 Å². The van der Waals surface area contributed by atoms with Crippen molar-refractivity contribution in [3.05, 3.63) is 81.7 Å². The molecule has 1 aromatic carbocycles. The second-order valence-electron chi connectivity index (χ2n) is 8.08. The summed E-state index contributed by atoms with van der Waals surface area (Å²) < 4.78 is 6.16. The monoisotopic (exact) mass is 470 g/mol. The van der Waals surface area contributed by atoms with Crippen molar-refractivity contribution in [3.63, 3.8) is 0 Å². The SMILES string of the molecule is Cc1cc(C(=O)N2CC[C@H]([C@H](C)Oc3ccc(Cl)cn3)[C@@H](c3ccc(Cl)cc3)C2)cnn1. The molecule has 3 aromatic rings. The molecule has 1 amide bonds. The third kappa shape index (κ3) is 5.19. The number of hydrogen-bond acceptors (Lipinski definition) is 5. The Morgan fingerprint density at radius 2 is 1.88 bits per heavy atom. The highest BCUT2D eigenvalue weighted by Gasteiger charge is 2.37. The van der Waals surface area contributed by atoms with Gasteiger partial charge in [0, 0.05) is 42.2 Å². The standard InChI is InChI=1S/C24H24Cl2N4O2/c1-15-11-18(12-28-29-15)24(31)30-10-9-21(16(2)32-23-8-7-20(26)13-27-23)22(14-30)17-3-5-19(25)6-4-17/h3-8,11-13,16,21-22H,9-10,14H2,1-2H3/t16-,21+,22+/m0/s1. The molecule has 0 N–H and O–H groups in total. The number of nitrogens with zero attached hydrogens (tertiary/aromatic N) is 4. The van der Waals surface area contributed by atoms with Crippen LogP contribution in [0.15, 0.2) is 54.9 Å². The summed E-state index contributed by atoms with van der Waals surface area (Å²) in [6, 6.07) is 13.1. The molecular formula is C24H24Cl2N4O2. The lowest BCUT2D eigenvalue weighted by molar-refractivity contribution is 0.0483. The Morgan fingerprint density at radius 3 is 2.56 bits per heavy atom. The van der Waals surface area contributed by atoms with Crippen LogP contribution in [0.2, 0.25) is 10.0 Å². The number of amides is 1. The molecule has 166 valence electrons. The Bertz CT molecular complexity index is 1080. The van der Waals surface area contributed by atoms with Crippen molar-refractivity contribution in [1.29, 1.82) is 0 Å². The molecule has 4 rings (SSSR count). The fourth-order valence-electron chi connectivity index (χ4n) is 4.26. The number of rotatable bonds is 5. The number of ether oxygens (including phenoxy) is 1. The van der Waals surface area contributed by atoms with Gasteiger partial charge in [-0.05, 0) is 50.1 Å². The highest BCUT2D eigenvalue weighted by Crippen LogP contribution is 2.37. The molecule has 3 atom stereocenters. The molecule has 3 heterocycles. The molecule has 0 spiro atoms. The highest BCUT2D eigenvalue weighted by molar-refractivity contribution is 6.30. The fourth-order valence-corrected chi connectivity index (χ4v) is 4.50. The van der Waals surface area contributed by atoms with E-state index in [0.717, 1.165) is 17.7 Å². The van der Waals surface area contributed by atoms with E-state index in [1.54, 1.807) is 24.4 Å². The van der Waals surface area contributed by atoms with Crippen LogP contribution in [0.5, 0.6) is 5.88 Å². The summed E-state index contributed by atoms with van der Waals surface area (Å²) in [5.41, 5.74) is 2.40. The lowest BCUT2D eigenvalue weighted by atomic mass is 9.77. The maximum Gasteiger partial charge on any atom is 0.255 e. The Hall–Kier alpha value is -2.70. The van der Waals surface area contributed by atoms with Gasteiger partial charge in [0.2, 0.25) is 5.88 Å². The van der Waals surface area contributed by atoms with Gasteiger partial charge in [-0.3, -0.25) is 4.79 Å². The second-order valence-corrected chi connectivity index (χ2v) is 8.96. The maximum absolute atomic E-state index is 13.2. The third-order valence-electron chi connectivity index (χ3n) is 5.89. The van der Waals surface area contributed by atoms with E-state index in [1.165, 1.54) is 6.20 Å². The van der Waals surface area contributed by atoms with Gasteiger partial charge in [0.15, 0.2) is 0 Å². The van der Waals surface area contributed by atoms with Gasteiger partial charge in [-0.15, -0.1) is 0 Å². The molecule has 32 heavy (non-hydrogen) atoms. The molecule has 1 aliphatic heterocycles. The van der Waals surface area contributed by atoms with Crippen LogP contribution in [-0.2, 0) is 0 Å². The Labute approximate surface area is 197 Å².